The Morgan fingerprint density at radius 1 is 1.08 bits per heavy atom. The number of amides is 2. The second kappa shape index (κ2) is 10.7. The van der Waals surface area contributed by atoms with Crippen LogP contribution in [-0.4, -0.2) is 48.3 Å². The van der Waals surface area contributed by atoms with Gasteiger partial charge >= 0.3 is 0 Å². The van der Waals surface area contributed by atoms with Crippen LogP contribution in [0.25, 0.3) is 0 Å². The van der Waals surface area contributed by atoms with Gasteiger partial charge in [0.2, 0.25) is 5.91 Å². The van der Waals surface area contributed by atoms with Gasteiger partial charge < -0.3 is 15.1 Å². The first kappa shape index (κ1) is 26.1. The number of alkyl halides is 2. The zero-order valence-electron chi connectivity index (χ0n) is 21.4. The summed E-state index contributed by atoms with van der Waals surface area (Å²) in [6, 6.07) is 11.1. The van der Waals surface area contributed by atoms with Crippen LogP contribution < -0.4 is 10.2 Å². The molecule has 0 radical (unpaired) electrons. The van der Waals surface area contributed by atoms with Crippen molar-refractivity contribution in [3.63, 3.8) is 0 Å². The highest BCUT2D eigenvalue weighted by Crippen LogP contribution is 2.36. The zero-order chi connectivity index (χ0) is 26.9. The molecule has 3 aliphatic rings. The number of benzene rings is 2. The van der Waals surface area contributed by atoms with Crippen molar-refractivity contribution in [1.82, 2.24) is 4.90 Å². The fourth-order valence-corrected chi connectivity index (χ4v) is 5.94. The number of nitrogens with one attached hydrogen (secondary N) is 1. The van der Waals surface area contributed by atoms with Crippen LogP contribution in [0.15, 0.2) is 66.8 Å². The average molecular weight is 524 g/mol. The molecule has 0 saturated carbocycles. The number of hydrogen-bond acceptors (Lipinski definition) is 3. The Morgan fingerprint density at radius 2 is 1.89 bits per heavy atom. The smallest absolute Gasteiger partial charge is 0.266 e. The minimum absolute atomic E-state index is 0.0454. The number of allylic oxidation sites excluding steroid dienone is 3. The molecule has 5 rings (SSSR count). The Hall–Kier alpha value is -3.55. The van der Waals surface area contributed by atoms with E-state index in [4.69, 9.17) is 0 Å². The molecule has 1 N–H and O–H groups in total. The molecule has 0 aromatic heterocycles. The van der Waals surface area contributed by atoms with Gasteiger partial charge in [0, 0.05) is 36.8 Å². The van der Waals surface area contributed by atoms with E-state index < -0.39 is 29.6 Å². The molecule has 2 saturated heterocycles. The maximum absolute atomic E-state index is 14.8. The first-order chi connectivity index (χ1) is 18.2. The molecular formula is C30H32F3N3O2. The lowest BCUT2D eigenvalue weighted by Crippen LogP contribution is -2.55. The van der Waals surface area contributed by atoms with Crippen molar-refractivity contribution in [2.24, 2.45) is 11.8 Å². The van der Waals surface area contributed by atoms with Gasteiger partial charge in [0.15, 0.2) is 0 Å². The van der Waals surface area contributed by atoms with Crippen molar-refractivity contribution < 1.29 is 22.8 Å². The standard InChI is InChI=1S/C30H32F3N3O2/c1-20-8-5-14-25(31)26(20)29(38)36-16-7-13-24(27(36)21-9-3-2-4-10-21)28(37)34-22-11-6-12-23(18-22)35-17-15-30(32,33)19-35/h2-6,8-9,11-12,14,18,21,24,27H,7,10,13,15-17,19H2,1H3,(H,34,37)/t21?,24?,27-/m0/s1. The van der Waals surface area contributed by atoms with E-state index in [0.717, 1.165) is 0 Å². The Balaban J connectivity index is 1.40. The quantitative estimate of drug-likeness (QED) is 0.525. The van der Waals surface area contributed by atoms with Gasteiger partial charge in [-0.25, -0.2) is 13.2 Å². The summed E-state index contributed by atoms with van der Waals surface area (Å²) in [7, 11) is 0. The molecule has 2 aromatic carbocycles. The van der Waals surface area contributed by atoms with E-state index in [1.54, 1.807) is 53.1 Å². The predicted molar refractivity (Wildman–Crippen MR) is 142 cm³/mol. The minimum Gasteiger partial charge on any atom is -0.365 e. The van der Waals surface area contributed by atoms with E-state index in [1.807, 2.05) is 24.3 Å². The summed E-state index contributed by atoms with van der Waals surface area (Å²) >= 11 is 0. The van der Waals surface area contributed by atoms with Crippen LogP contribution in [0, 0.1) is 24.6 Å². The van der Waals surface area contributed by atoms with Gasteiger partial charge in [-0.1, -0.05) is 42.5 Å². The number of piperidine rings is 1. The van der Waals surface area contributed by atoms with Crippen molar-refractivity contribution in [2.75, 3.05) is 29.9 Å². The van der Waals surface area contributed by atoms with Crippen LogP contribution in [0.1, 0.15) is 41.6 Å². The maximum atomic E-state index is 14.8. The van der Waals surface area contributed by atoms with Gasteiger partial charge in [-0.2, -0.15) is 0 Å². The fraction of sp³-hybridized carbons (Fsp3) is 0.400. The highest BCUT2D eigenvalue weighted by Gasteiger charge is 2.43. The maximum Gasteiger partial charge on any atom is 0.266 e. The number of halogens is 3. The van der Waals surface area contributed by atoms with E-state index in [2.05, 4.69) is 5.32 Å². The van der Waals surface area contributed by atoms with Gasteiger partial charge in [0.05, 0.1) is 24.1 Å². The van der Waals surface area contributed by atoms with E-state index in [9.17, 15) is 22.8 Å². The lowest BCUT2D eigenvalue weighted by Gasteiger charge is -2.44. The third-order valence-electron chi connectivity index (χ3n) is 7.82. The first-order valence-corrected chi connectivity index (χ1v) is 13.2. The minimum atomic E-state index is -2.72. The molecule has 38 heavy (non-hydrogen) atoms. The highest BCUT2D eigenvalue weighted by atomic mass is 19.3. The van der Waals surface area contributed by atoms with Crippen molar-refractivity contribution >= 4 is 23.2 Å². The number of likely N-dealkylation sites (tertiary alicyclic amines) is 1. The molecule has 3 atom stereocenters. The largest absolute Gasteiger partial charge is 0.365 e. The summed E-state index contributed by atoms with van der Waals surface area (Å²) < 4.78 is 42.3. The number of aryl methyl sites for hydroxylation is 1. The molecule has 2 aliphatic heterocycles. The summed E-state index contributed by atoms with van der Waals surface area (Å²) in [6.07, 6.45) is 9.57. The zero-order valence-corrected chi connectivity index (χ0v) is 21.4. The third kappa shape index (κ3) is 5.35. The van der Waals surface area contributed by atoms with Gasteiger partial charge in [-0.15, -0.1) is 0 Å². The van der Waals surface area contributed by atoms with Crippen molar-refractivity contribution in [1.29, 1.82) is 0 Å². The highest BCUT2D eigenvalue weighted by molar-refractivity contribution is 5.98. The lowest BCUT2D eigenvalue weighted by atomic mass is 9.77. The van der Waals surface area contributed by atoms with E-state index in [0.29, 0.717) is 42.7 Å². The summed E-state index contributed by atoms with van der Waals surface area (Å²) in [5.74, 6) is -4.52. The molecule has 1 aliphatic carbocycles. The average Bonchev–Trinajstić information content (AvgIpc) is 3.28. The van der Waals surface area contributed by atoms with Gasteiger partial charge in [-0.3, -0.25) is 9.59 Å². The Labute approximate surface area is 221 Å². The van der Waals surface area contributed by atoms with E-state index >= 15 is 0 Å². The number of hydrogen-bond donors (Lipinski definition) is 1. The number of rotatable bonds is 5. The topological polar surface area (TPSA) is 52.7 Å². The lowest BCUT2D eigenvalue weighted by molar-refractivity contribution is -0.123. The van der Waals surface area contributed by atoms with Crippen LogP contribution >= 0.6 is 0 Å². The first-order valence-electron chi connectivity index (χ1n) is 13.2. The second-order valence-corrected chi connectivity index (χ2v) is 10.4. The molecule has 0 bridgehead atoms. The number of nitrogens with zero attached hydrogens (tertiary/aromatic N) is 2. The van der Waals surface area contributed by atoms with Crippen LogP contribution in [0.5, 0.6) is 0 Å². The molecule has 0 spiro atoms. The van der Waals surface area contributed by atoms with E-state index in [1.165, 1.54) is 6.07 Å². The fourth-order valence-electron chi connectivity index (χ4n) is 5.94. The van der Waals surface area contributed by atoms with E-state index in [-0.39, 0.29) is 36.9 Å². The van der Waals surface area contributed by atoms with Gasteiger partial charge in [0.1, 0.15) is 5.82 Å². The normalized spacial score (nSPS) is 24.5. The molecule has 5 nitrogen and oxygen atoms in total. The van der Waals surface area contributed by atoms with Crippen molar-refractivity contribution in [3.05, 3.63) is 83.7 Å². The SMILES string of the molecule is Cc1cccc(F)c1C(=O)N1CCCC(C(=O)Nc2cccc(N3CCC(F)(F)C3)c2)[C@@H]1C1C=CC=CC1. The number of anilines is 2. The monoisotopic (exact) mass is 523 g/mol. The van der Waals surface area contributed by atoms with Crippen LogP contribution in [-0.2, 0) is 4.79 Å². The third-order valence-corrected chi connectivity index (χ3v) is 7.82. The molecule has 2 fully saturated rings. The van der Waals surface area contributed by atoms with Crippen LogP contribution in [0.2, 0.25) is 0 Å². The number of carbonyl (C=O) groups excluding carboxylic acids is 2. The summed E-state index contributed by atoms with van der Waals surface area (Å²) in [6.45, 7) is 2.06. The summed E-state index contributed by atoms with van der Waals surface area (Å²) in [5.41, 5.74) is 1.76. The van der Waals surface area contributed by atoms with Crippen molar-refractivity contribution in [3.8, 4) is 0 Å². The predicted octanol–water partition coefficient (Wildman–Crippen LogP) is 5.97. The van der Waals surface area contributed by atoms with Crippen LogP contribution in [0.4, 0.5) is 24.5 Å². The molecular weight excluding hydrogens is 491 g/mol. The molecule has 2 aromatic rings. The molecule has 2 heterocycles. The number of carbonyl (C=O) groups is 2. The Kier molecular flexibility index (Phi) is 7.32. The van der Waals surface area contributed by atoms with Crippen LogP contribution in [0.3, 0.4) is 0 Å². The van der Waals surface area contributed by atoms with Gasteiger partial charge in [0.25, 0.3) is 11.8 Å². The molecule has 8 heteroatoms. The Bertz CT molecular complexity index is 1250. The molecule has 200 valence electrons. The molecule has 2 unspecified atom stereocenters. The second-order valence-electron chi connectivity index (χ2n) is 10.4. The Morgan fingerprint density at radius 3 is 2.61 bits per heavy atom. The summed E-state index contributed by atoms with van der Waals surface area (Å²) in [4.78, 5) is 30.7. The van der Waals surface area contributed by atoms with Gasteiger partial charge in [-0.05, 0) is 56.0 Å². The van der Waals surface area contributed by atoms with Crippen molar-refractivity contribution in [2.45, 2.75) is 44.6 Å². The molecule has 2 amide bonds. The summed E-state index contributed by atoms with van der Waals surface area (Å²) in [5, 5.41) is 2.98.